The highest BCUT2D eigenvalue weighted by atomic mass is 19.4. The predicted molar refractivity (Wildman–Crippen MR) is 93.7 cm³/mol. The minimum Gasteiger partial charge on any atom is -0.439 e. The second-order valence-electron chi connectivity index (χ2n) is 6.36. The number of amides is 1. The molecule has 1 aliphatic heterocycles. The molecule has 1 aliphatic rings. The summed E-state index contributed by atoms with van der Waals surface area (Å²) in [6.45, 7) is 1.41. The lowest BCUT2D eigenvalue weighted by atomic mass is 10.0. The first-order valence-corrected chi connectivity index (χ1v) is 8.64. The van der Waals surface area contributed by atoms with E-state index in [2.05, 4.69) is 10.3 Å². The van der Waals surface area contributed by atoms with E-state index in [1.807, 2.05) is 11.9 Å². The van der Waals surface area contributed by atoms with Gasteiger partial charge in [-0.2, -0.15) is 13.2 Å². The van der Waals surface area contributed by atoms with Gasteiger partial charge in [0.05, 0.1) is 5.56 Å². The standard InChI is InChI=1S/C19H20F3N3O2/c1-23-15-8-10-25(11-9-15)18(26)13-2-5-16(6-3-13)27-17-7-4-14(12-24-17)19(20,21)22/h2-7,12,15,23H,8-11H2,1H3. The van der Waals surface area contributed by atoms with Crippen LogP contribution in [0.15, 0.2) is 42.6 Å². The molecule has 1 N–H and O–H groups in total. The van der Waals surface area contributed by atoms with Gasteiger partial charge in [-0.05, 0) is 50.2 Å². The second-order valence-corrected chi connectivity index (χ2v) is 6.36. The number of halogens is 3. The van der Waals surface area contributed by atoms with Crippen molar-refractivity contribution in [1.29, 1.82) is 0 Å². The molecule has 1 saturated heterocycles. The normalized spacial score (nSPS) is 15.6. The molecule has 0 bridgehead atoms. The molecule has 0 spiro atoms. The van der Waals surface area contributed by atoms with Crippen LogP contribution in [0.2, 0.25) is 0 Å². The van der Waals surface area contributed by atoms with Crippen molar-refractivity contribution in [1.82, 2.24) is 15.2 Å². The van der Waals surface area contributed by atoms with Crippen molar-refractivity contribution in [3.63, 3.8) is 0 Å². The summed E-state index contributed by atoms with van der Waals surface area (Å²) in [6, 6.07) is 9.02. The molecule has 1 amide bonds. The van der Waals surface area contributed by atoms with Crippen LogP contribution < -0.4 is 10.1 Å². The molecule has 0 unspecified atom stereocenters. The SMILES string of the molecule is CNC1CCN(C(=O)c2ccc(Oc3ccc(C(F)(F)F)cn3)cc2)CC1. The van der Waals surface area contributed by atoms with Gasteiger partial charge in [-0.15, -0.1) is 0 Å². The Morgan fingerprint density at radius 1 is 1.15 bits per heavy atom. The molecule has 3 rings (SSSR count). The van der Waals surface area contributed by atoms with Crippen LogP contribution in [0.1, 0.15) is 28.8 Å². The Labute approximate surface area is 155 Å². The van der Waals surface area contributed by atoms with E-state index >= 15 is 0 Å². The number of rotatable bonds is 4. The Hall–Kier alpha value is -2.61. The number of carbonyl (C=O) groups excluding carboxylic acids is 1. The maximum atomic E-state index is 12.5. The van der Waals surface area contributed by atoms with Gasteiger partial charge >= 0.3 is 6.18 Å². The molecule has 5 nitrogen and oxygen atoms in total. The van der Waals surface area contributed by atoms with Crippen LogP contribution in [0.25, 0.3) is 0 Å². The van der Waals surface area contributed by atoms with Crippen LogP contribution in [0, 0.1) is 0 Å². The summed E-state index contributed by atoms with van der Waals surface area (Å²) in [5, 5.41) is 3.22. The van der Waals surface area contributed by atoms with Crippen molar-refractivity contribution in [2.24, 2.45) is 0 Å². The fraction of sp³-hybridized carbons (Fsp3) is 0.368. The Morgan fingerprint density at radius 2 is 1.81 bits per heavy atom. The van der Waals surface area contributed by atoms with E-state index < -0.39 is 11.7 Å². The summed E-state index contributed by atoms with van der Waals surface area (Å²) < 4.78 is 43.1. The highest BCUT2D eigenvalue weighted by molar-refractivity contribution is 5.94. The summed E-state index contributed by atoms with van der Waals surface area (Å²) in [4.78, 5) is 18.0. The molecule has 144 valence electrons. The number of likely N-dealkylation sites (tertiary alicyclic amines) is 1. The molecule has 0 atom stereocenters. The van der Waals surface area contributed by atoms with Crippen LogP contribution in [0.5, 0.6) is 11.6 Å². The molecule has 1 fully saturated rings. The van der Waals surface area contributed by atoms with E-state index in [4.69, 9.17) is 4.74 Å². The maximum absolute atomic E-state index is 12.5. The van der Waals surface area contributed by atoms with Gasteiger partial charge in [-0.1, -0.05) is 0 Å². The lowest BCUT2D eigenvalue weighted by Gasteiger charge is -2.31. The first kappa shape index (κ1) is 19.2. The minimum absolute atomic E-state index is 0.0382. The second kappa shape index (κ2) is 7.96. The minimum atomic E-state index is -4.44. The molecule has 27 heavy (non-hydrogen) atoms. The molecule has 0 radical (unpaired) electrons. The lowest BCUT2D eigenvalue weighted by Crippen LogP contribution is -2.43. The summed E-state index contributed by atoms with van der Waals surface area (Å²) in [6.07, 6.45) is -1.87. The number of hydrogen-bond donors (Lipinski definition) is 1. The van der Waals surface area contributed by atoms with E-state index in [1.54, 1.807) is 24.3 Å². The van der Waals surface area contributed by atoms with Gasteiger partial charge in [0.2, 0.25) is 5.88 Å². The average Bonchev–Trinajstić information content (AvgIpc) is 2.68. The molecular weight excluding hydrogens is 359 g/mol. The third kappa shape index (κ3) is 4.77. The summed E-state index contributed by atoms with van der Waals surface area (Å²) >= 11 is 0. The number of ether oxygens (including phenoxy) is 1. The Morgan fingerprint density at radius 3 is 2.33 bits per heavy atom. The molecule has 0 saturated carbocycles. The molecule has 2 aromatic rings. The zero-order valence-corrected chi connectivity index (χ0v) is 14.8. The fourth-order valence-electron chi connectivity index (χ4n) is 2.95. The molecule has 2 heterocycles. The lowest BCUT2D eigenvalue weighted by molar-refractivity contribution is -0.137. The van der Waals surface area contributed by atoms with Crippen molar-refractivity contribution in [3.8, 4) is 11.6 Å². The highest BCUT2D eigenvalue weighted by Gasteiger charge is 2.30. The van der Waals surface area contributed by atoms with E-state index in [9.17, 15) is 18.0 Å². The quantitative estimate of drug-likeness (QED) is 0.880. The smallest absolute Gasteiger partial charge is 0.417 e. The average molecular weight is 379 g/mol. The largest absolute Gasteiger partial charge is 0.439 e. The van der Waals surface area contributed by atoms with Gasteiger partial charge < -0.3 is 15.0 Å². The Bertz CT molecular complexity index is 768. The number of aromatic nitrogens is 1. The van der Waals surface area contributed by atoms with Crippen LogP contribution in [0.4, 0.5) is 13.2 Å². The summed E-state index contributed by atoms with van der Waals surface area (Å²) in [5.74, 6) is 0.410. The Kier molecular flexibility index (Phi) is 5.65. The van der Waals surface area contributed by atoms with Crippen molar-refractivity contribution < 1.29 is 22.7 Å². The molecule has 0 aliphatic carbocycles. The van der Waals surface area contributed by atoms with Crippen molar-refractivity contribution in [2.75, 3.05) is 20.1 Å². The summed E-state index contributed by atoms with van der Waals surface area (Å²) in [5.41, 5.74) is -0.288. The van der Waals surface area contributed by atoms with E-state index in [0.717, 1.165) is 31.2 Å². The van der Waals surface area contributed by atoms with E-state index in [-0.39, 0.29) is 11.8 Å². The zero-order chi connectivity index (χ0) is 19.4. The summed E-state index contributed by atoms with van der Waals surface area (Å²) in [7, 11) is 1.92. The van der Waals surface area contributed by atoms with Crippen LogP contribution >= 0.6 is 0 Å². The monoisotopic (exact) mass is 379 g/mol. The van der Waals surface area contributed by atoms with Crippen LogP contribution in [0.3, 0.4) is 0 Å². The fourth-order valence-corrected chi connectivity index (χ4v) is 2.95. The van der Waals surface area contributed by atoms with Gasteiger partial charge in [0, 0.05) is 37.0 Å². The number of nitrogens with zero attached hydrogens (tertiary/aromatic N) is 2. The number of piperidine rings is 1. The molecule has 8 heteroatoms. The highest BCUT2D eigenvalue weighted by Crippen LogP contribution is 2.30. The number of pyridine rings is 1. The van der Waals surface area contributed by atoms with Crippen LogP contribution in [-0.4, -0.2) is 42.0 Å². The number of alkyl halides is 3. The number of nitrogens with one attached hydrogen (secondary N) is 1. The molecular formula is C19H20F3N3O2. The van der Waals surface area contributed by atoms with Gasteiger partial charge in [0.15, 0.2) is 0 Å². The van der Waals surface area contributed by atoms with Crippen LogP contribution in [-0.2, 0) is 6.18 Å². The molecule has 1 aromatic heterocycles. The van der Waals surface area contributed by atoms with Crippen molar-refractivity contribution >= 4 is 5.91 Å². The van der Waals surface area contributed by atoms with E-state index in [0.29, 0.717) is 30.4 Å². The number of hydrogen-bond acceptors (Lipinski definition) is 4. The first-order chi connectivity index (χ1) is 12.9. The van der Waals surface area contributed by atoms with Crippen molar-refractivity contribution in [3.05, 3.63) is 53.7 Å². The van der Waals surface area contributed by atoms with Gasteiger partial charge in [-0.25, -0.2) is 4.98 Å². The number of carbonyl (C=O) groups is 1. The predicted octanol–water partition coefficient (Wildman–Crippen LogP) is 3.72. The van der Waals surface area contributed by atoms with E-state index in [1.165, 1.54) is 0 Å². The topological polar surface area (TPSA) is 54.5 Å². The van der Waals surface area contributed by atoms with Gasteiger partial charge in [0.25, 0.3) is 5.91 Å². The Balaban J connectivity index is 1.61. The van der Waals surface area contributed by atoms with Gasteiger partial charge in [0.1, 0.15) is 5.75 Å². The molecule has 1 aromatic carbocycles. The maximum Gasteiger partial charge on any atom is 0.417 e. The first-order valence-electron chi connectivity index (χ1n) is 8.64. The van der Waals surface area contributed by atoms with Crippen molar-refractivity contribution in [2.45, 2.75) is 25.1 Å². The third-order valence-electron chi connectivity index (χ3n) is 4.58. The van der Waals surface area contributed by atoms with Gasteiger partial charge in [-0.3, -0.25) is 4.79 Å². The third-order valence-corrected chi connectivity index (χ3v) is 4.58. The zero-order valence-electron chi connectivity index (χ0n) is 14.8. The number of benzene rings is 1.